The maximum absolute atomic E-state index is 11.5. The second-order valence-corrected chi connectivity index (χ2v) is 3.52. The number of hydrogen-bond donors (Lipinski definition) is 1. The number of nitrogens with one attached hydrogen (secondary N) is 1. The van der Waals surface area contributed by atoms with Gasteiger partial charge in [-0.05, 0) is 19.9 Å². The Kier molecular flexibility index (Phi) is 3.55. The Morgan fingerprint density at radius 1 is 1.00 bits per heavy atom. The number of hydrogen-bond acceptors (Lipinski definition) is 3. The van der Waals surface area contributed by atoms with Crippen LogP contribution in [0.3, 0.4) is 0 Å². The second-order valence-electron chi connectivity index (χ2n) is 3.52. The molecule has 0 heterocycles. The summed E-state index contributed by atoms with van der Waals surface area (Å²) in [6.45, 7) is 4.11. The van der Waals surface area contributed by atoms with E-state index in [-0.39, 0.29) is 23.0 Å². The van der Waals surface area contributed by atoms with Crippen molar-refractivity contribution in [1.82, 2.24) is 0 Å². The molecular weight excluding hydrogens is 206 g/mol. The van der Waals surface area contributed by atoms with Crippen LogP contribution in [-0.2, 0) is 4.79 Å². The third-order valence-corrected chi connectivity index (χ3v) is 2.11. The Morgan fingerprint density at radius 2 is 1.62 bits per heavy atom. The zero-order chi connectivity index (χ0) is 12.3. The molecule has 0 unspecified atom stereocenters. The van der Waals surface area contributed by atoms with Crippen LogP contribution < -0.4 is 5.32 Å². The summed E-state index contributed by atoms with van der Waals surface area (Å²) in [6, 6.07) is 4.81. The van der Waals surface area contributed by atoms with Gasteiger partial charge in [-0.3, -0.25) is 14.4 Å². The molecule has 0 aliphatic rings. The first-order chi connectivity index (χ1) is 7.43. The van der Waals surface area contributed by atoms with Crippen LogP contribution in [0, 0.1) is 0 Å². The van der Waals surface area contributed by atoms with Crippen LogP contribution in [0.5, 0.6) is 0 Å². The molecule has 0 saturated heterocycles. The number of rotatable bonds is 3. The van der Waals surface area contributed by atoms with Gasteiger partial charge in [-0.15, -0.1) is 0 Å². The van der Waals surface area contributed by atoms with Crippen molar-refractivity contribution < 1.29 is 14.4 Å². The van der Waals surface area contributed by atoms with Crippen molar-refractivity contribution in [1.29, 1.82) is 0 Å². The molecule has 0 radical (unpaired) electrons. The van der Waals surface area contributed by atoms with Crippen LogP contribution in [0.1, 0.15) is 41.5 Å². The van der Waals surface area contributed by atoms with Crippen LogP contribution in [-0.4, -0.2) is 17.5 Å². The molecule has 0 aliphatic carbocycles. The molecule has 4 heteroatoms. The third kappa shape index (κ3) is 2.53. The monoisotopic (exact) mass is 219 g/mol. The summed E-state index contributed by atoms with van der Waals surface area (Å²) < 4.78 is 0. The quantitative estimate of drug-likeness (QED) is 0.791. The first-order valence-corrected chi connectivity index (χ1v) is 4.86. The van der Waals surface area contributed by atoms with Gasteiger partial charge in [0, 0.05) is 12.5 Å². The molecule has 1 N–H and O–H groups in total. The van der Waals surface area contributed by atoms with E-state index in [1.54, 1.807) is 18.2 Å². The molecular formula is C12H13NO3. The van der Waals surface area contributed by atoms with Crippen molar-refractivity contribution in [2.75, 3.05) is 5.32 Å². The zero-order valence-electron chi connectivity index (χ0n) is 9.46. The van der Waals surface area contributed by atoms with Crippen molar-refractivity contribution in [2.45, 2.75) is 20.8 Å². The minimum atomic E-state index is -0.275. The van der Waals surface area contributed by atoms with Crippen LogP contribution in [0.25, 0.3) is 0 Å². The summed E-state index contributed by atoms with van der Waals surface area (Å²) in [4.78, 5) is 33.8. The van der Waals surface area contributed by atoms with Gasteiger partial charge >= 0.3 is 0 Å². The largest absolute Gasteiger partial charge is 0.326 e. The maximum atomic E-state index is 11.5. The Balaban J connectivity index is 3.38. The topological polar surface area (TPSA) is 63.2 Å². The number of anilines is 1. The van der Waals surface area contributed by atoms with E-state index in [9.17, 15) is 14.4 Å². The van der Waals surface area contributed by atoms with E-state index in [1.807, 2.05) is 0 Å². The number of carbonyl (C=O) groups excluding carboxylic acids is 3. The minimum absolute atomic E-state index is 0.197. The van der Waals surface area contributed by atoms with Crippen LogP contribution in [0.15, 0.2) is 18.2 Å². The Morgan fingerprint density at radius 3 is 2.06 bits per heavy atom. The van der Waals surface area contributed by atoms with Gasteiger partial charge in [0.25, 0.3) is 0 Å². The summed E-state index contributed by atoms with van der Waals surface area (Å²) in [5.41, 5.74) is 0.983. The third-order valence-electron chi connectivity index (χ3n) is 2.11. The van der Waals surface area contributed by atoms with E-state index in [1.165, 1.54) is 20.8 Å². The number of benzene rings is 1. The molecule has 0 saturated carbocycles. The van der Waals surface area contributed by atoms with E-state index in [0.29, 0.717) is 11.3 Å². The van der Waals surface area contributed by atoms with E-state index in [4.69, 9.17) is 0 Å². The van der Waals surface area contributed by atoms with E-state index < -0.39 is 0 Å². The fraction of sp³-hybridized carbons (Fsp3) is 0.250. The summed E-state index contributed by atoms with van der Waals surface area (Å²) in [7, 11) is 0. The van der Waals surface area contributed by atoms with Crippen molar-refractivity contribution in [3.8, 4) is 0 Å². The van der Waals surface area contributed by atoms with Gasteiger partial charge in [0.1, 0.15) is 0 Å². The average Bonchev–Trinajstić information content (AvgIpc) is 2.15. The lowest BCUT2D eigenvalue weighted by molar-refractivity contribution is -0.114. The molecule has 1 aromatic rings. The molecule has 0 fully saturated rings. The van der Waals surface area contributed by atoms with Gasteiger partial charge in [0.15, 0.2) is 11.6 Å². The van der Waals surface area contributed by atoms with Crippen molar-refractivity contribution in [3.05, 3.63) is 29.3 Å². The maximum Gasteiger partial charge on any atom is 0.221 e. The SMILES string of the molecule is CC(=O)Nc1cccc(C(C)=O)c1C(C)=O. The van der Waals surface area contributed by atoms with Crippen molar-refractivity contribution in [2.24, 2.45) is 0 Å². The van der Waals surface area contributed by atoms with Crippen LogP contribution in [0.4, 0.5) is 5.69 Å². The standard InChI is InChI=1S/C12H13NO3/c1-7(14)10-5-4-6-11(13-9(3)16)12(10)8(2)15/h4-6H,1-3H3,(H,13,16). The highest BCUT2D eigenvalue weighted by Gasteiger charge is 2.15. The molecule has 0 spiro atoms. The Bertz CT molecular complexity index is 463. The van der Waals surface area contributed by atoms with Gasteiger partial charge in [0.2, 0.25) is 5.91 Å². The lowest BCUT2D eigenvalue weighted by Gasteiger charge is -2.10. The number of carbonyl (C=O) groups is 3. The number of ketones is 2. The van der Waals surface area contributed by atoms with E-state index in [2.05, 4.69) is 5.32 Å². The van der Waals surface area contributed by atoms with E-state index >= 15 is 0 Å². The lowest BCUT2D eigenvalue weighted by atomic mass is 9.99. The van der Waals surface area contributed by atoms with Gasteiger partial charge in [-0.25, -0.2) is 0 Å². The molecule has 16 heavy (non-hydrogen) atoms. The Labute approximate surface area is 93.7 Å². The molecule has 0 aromatic heterocycles. The molecule has 1 amide bonds. The first kappa shape index (κ1) is 12.1. The average molecular weight is 219 g/mol. The van der Waals surface area contributed by atoms with Gasteiger partial charge in [-0.1, -0.05) is 12.1 Å². The van der Waals surface area contributed by atoms with Crippen molar-refractivity contribution in [3.63, 3.8) is 0 Å². The highest BCUT2D eigenvalue weighted by molar-refractivity contribution is 6.12. The molecule has 0 bridgehead atoms. The summed E-state index contributed by atoms with van der Waals surface area (Å²) in [5, 5.41) is 2.54. The highest BCUT2D eigenvalue weighted by Crippen LogP contribution is 2.21. The molecule has 1 aromatic carbocycles. The van der Waals surface area contributed by atoms with Crippen LogP contribution >= 0.6 is 0 Å². The molecule has 1 rings (SSSR count). The van der Waals surface area contributed by atoms with Gasteiger partial charge < -0.3 is 5.32 Å². The van der Waals surface area contributed by atoms with Gasteiger partial charge in [0.05, 0.1) is 11.3 Å². The summed E-state index contributed by atoms with van der Waals surface area (Å²) in [6.07, 6.45) is 0. The molecule has 84 valence electrons. The van der Waals surface area contributed by atoms with Crippen molar-refractivity contribution >= 4 is 23.2 Å². The Hall–Kier alpha value is -1.97. The summed E-state index contributed by atoms with van der Waals surface area (Å²) in [5.74, 6) is -0.713. The second kappa shape index (κ2) is 4.70. The zero-order valence-corrected chi connectivity index (χ0v) is 9.46. The molecule has 4 nitrogen and oxygen atoms in total. The molecule has 0 aliphatic heterocycles. The smallest absolute Gasteiger partial charge is 0.221 e. The number of Topliss-reactive ketones (excluding diaryl/α,β-unsaturated/α-hetero) is 2. The molecule has 0 atom stereocenters. The fourth-order valence-corrected chi connectivity index (χ4v) is 1.52. The van der Waals surface area contributed by atoms with E-state index in [0.717, 1.165) is 0 Å². The predicted molar refractivity (Wildman–Crippen MR) is 60.8 cm³/mol. The fourth-order valence-electron chi connectivity index (χ4n) is 1.52. The first-order valence-electron chi connectivity index (χ1n) is 4.86. The minimum Gasteiger partial charge on any atom is -0.326 e. The lowest BCUT2D eigenvalue weighted by Crippen LogP contribution is -2.13. The van der Waals surface area contributed by atoms with Crippen LogP contribution in [0.2, 0.25) is 0 Å². The number of amides is 1. The van der Waals surface area contributed by atoms with Gasteiger partial charge in [-0.2, -0.15) is 0 Å². The predicted octanol–water partition coefficient (Wildman–Crippen LogP) is 2.05. The highest BCUT2D eigenvalue weighted by atomic mass is 16.1. The summed E-state index contributed by atoms with van der Waals surface area (Å²) >= 11 is 0. The normalized spacial score (nSPS) is 9.69.